The number of benzene rings is 2. The quantitative estimate of drug-likeness (QED) is 0.504. The van der Waals surface area contributed by atoms with Crippen LogP contribution < -0.4 is 16.0 Å². The predicted molar refractivity (Wildman–Crippen MR) is 111 cm³/mol. The minimum Gasteiger partial charge on any atom is -0.361 e. The van der Waals surface area contributed by atoms with Crippen molar-refractivity contribution in [3.8, 4) is 0 Å². The minimum absolute atomic E-state index is 0.0945. The number of amides is 3. The number of carbonyl (C=O) groups is 3. The van der Waals surface area contributed by atoms with Gasteiger partial charge in [-0.1, -0.05) is 12.1 Å². The van der Waals surface area contributed by atoms with Crippen LogP contribution in [0, 0.1) is 5.82 Å². The Hall–Kier alpha value is -3.68. The van der Waals surface area contributed by atoms with E-state index in [0.717, 1.165) is 16.5 Å². The van der Waals surface area contributed by atoms with Crippen molar-refractivity contribution in [1.29, 1.82) is 0 Å². The highest BCUT2D eigenvalue weighted by Gasteiger charge is 2.27. The summed E-state index contributed by atoms with van der Waals surface area (Å²) in [4.78, 5) is 40.0. The molecule has 4 N–H and O–H groups in total. The van der Waals surface area contributed by atoms with Crippen molar-refractivity contribution in [1.82, 2.24) is 15.6 Å². The number of carbonyl (C=O) groups excluding carboxylic acids is 3. The van der Waals surface area contributed by atoms with Gasteiger partial charge in [0.1, 0.15) is 11.9 Å². The highest BCUT2D eigenvalue weighted by Crippen LogP contribution is 2.20. The van der Waals surface area contributed by atoms with Gasteiger partial charge in [0.2, 0.25) is 11.8 Å². The van der Waals surface area contributed by atoms with Crippen molar-refractivity contribution >= 4 is 34.3 Å². The standard InChI is InChI=1S/C22H21FN4O3/c23-14-5-6-17-16(11-14)13(12-25-17)9-10-24-20(28)8-7-19-22(30)26-18-4-2-1-3-15(18)21(29)27-19/h1-6,11-12,19,25H,7-10H2,(H,24,28)(H,26,30)(H,27,29). The second-order valence-electron chi connectivity index (χ2n) is 7.20. The number of H-pyrrole nitrogens is 1. The maximum absolute atomic E-state index is 13.5. The van der Waals surface area contributed by atoms with Crippen LogP contribution in [0.15, 0.2) is 48.7 Å². The average molecular weight is 408 g/mol. The van der Waals surface area contributed by atoms with Crippen LogP contribution in [0.4, 0.5) is 10.1 Å². The molecule has 0 spiro atoms. The molecule has 8 heteroatoms. The van der Waals surface area contributed by atoms with Gasteiger partial charge < -0.3 is 20.9 Å². The summed E-state index contributed by atoms with van der Waals surface area (Å²) in [6.07, 6.45) is 2.64. The van der Waals surface area contributed by atoms with Gasteiger partial charge in [-0.2, -0.15) is 0 Å². The van der Waals surface area contributed by atoms with Gasteiger partial charge in [-0.15, -0.1) is 0 Å². The summed E-state index contributed by atoms with van der Waals surface area (Å²) in [6.45, 7) is 0.386. The number of para-hydroxylation sites is 1. The maximum atomic E-state index is 13.5. The smallest absolute Gasteiger partial charge is 0.254 e. The molecule has 0 aliphatic carbocycles. The van der Waals surface area contributed by atoms with E-state index in [1.807, 2.05) is 0 Å². The molecular weight excluding hydrogens is 387 g/mol. The fraction of sp³-hybridized carbons (Fsp3) is 0.227. The van der Waals surface area contributed by atoms with Crippen molar-refractivity contribution < 1.29 is 18.8 Å². The molecule has 0 bridgehead atoms. The van der Waals surface area contributed by atoms with E-state index >= 15 is 0 Å². The Bertz CT molecular complexity index is 1120. The van der Waals surface area contributed by atoms with E-state index in [4.69, 9.17) is 0 Å². The molecule has 3 aromatic rings. The Labute approximate surface area is 172 Å². The number of rotatable bonds is 6. The highest BCUT2D eigenvalue weighted by molar-refractivity contribution is 6.09. The lowest BCUT2D eigenvalue weighted by Gasteiger charge is -2.14. The fourth-order valence-electron chi connectivity index (χ4n) is 3.57. The summed E-state index contributed by atoms with van der Waals surface area (Å²) in [5.41, 5.74) is 2.61. The Morgan fingerprint density at radius 1 is 1.13 bits per heavy atom. The van der Waals surface area contributed by atoms with Crippen LogP contribution in [-0.4, -0.2) is 35.3 Å². The fourth-order valence-corrected chi connectivity index (χ4v) is 3.57. The third-order valence-electron chi connectivity index (χ3n) is 5.16. The number of hydrogen-bond acceptors (Lipinski definition) is 3. The van der Waals surface area contributed by atoms with Crippen molar-refractivity contribution in [3.05, 3.63) is 65.6 Å². The third kappa shape index (κ3) is 4.17. The monoisotopic (exact) mass is 408 g/mol. The van der Waals surface area contributed by atoms with Gasteiger partial charge in [0, 0.05) is 30.1 Å². The van der Waals surface area contributed by atoms with E-state index in [9.17, 15) is 18.8 Å². The van der Waals surface area contributed by atoms with Gasteiger partial charge in [0.05, 0.1) is 11.3 Å². The van der Waals surface area contributed by atoms with Gasteiger partial charge in [-0.3, -0.25) is 14.4 Å². The number of nitrogens with one attached hydrogen (secondary N) is 4. The number of anilines is 1. The number of hydrogen-bond donors (Lipinski definition) is 4. The maximum Gasteiger partial charge on any atom is 0.254 e. The van der Waals surface area contributed by atoms with E-state index in [-0.39, 0.29) is 36.4 Å². The summed E-state index contributed by atoms with van der Waals surface area (Å²) < 4.78 is 13.5. The Balaban J connectivity index is 1.28. The summed E-state index contributed by atoms with van der Waals surface area (Å²) >= 11 is 0. The molecule has 2 aromatic carbocycles. The van der Waals surface area contributed by atoms with Crippen LogP contribution in [0.2, 0.25) is 0 Å². The van der Waals surface area contributed by atoms with Gasteiger partial charge >= 0.3 is 0 Å². The summed E-state index contributed by atoms with van der Waals surface area (Å²) in [5, 5.41) is 9.00. The first-order valence-corrected chi connectivity index (χ1v) is 9.74. The Morgan fingerprint density at radius 2 is 1.97 bits per heavy atom. The van der Waals surface area contributed by atoms with Gasteiger partial charge in [0.25, 0.3) is 5.91 Å². The largest absolute Gasteiger partial charge is 0.361 e. The van der Waals surface area contributed by atoms with Crippen LogP contribution in [-0.2, 0) is 16.0 Å². The van der Waals surface area contributed by atoms with Crippen molar-refractivity contribution in [3.63, 3.8) is 0 Å². The molecule has 2 heterocycles. The molecule has 0 fully saturated rings. The molecule has 3 amide bonds. The average Bonchev–Trinajstić information content (AvgIpc) is 3.07. The topological polar surface area (TPSA) is 103 Å². The first-order valence-electron chi connectivity index (χ1n) is 9.74. The molecular formula is C22H21FN4O3. The van der Waals surface area contributed by atoms with E-state index in [1.54, 1.807) is 36.5 Å². The number of fused-ring (bicyclic) bond motifs is 2. The lowest BCUT2D eigenvalue weighted by molar-refractivity contribution is -0.121. The van der Waals surface area contributed by atoms with Crippen LogP contribution in [0.3, 0.4) is 0 Å². The Kier molecular flexibility index (Phi) is 5.47. The lowest BCUT2D eigenvalue weighted by atomic mass is 10.1. The number of aromatic amines is 1. The highest BCUT2D eigenvalue weighted by atomic mass is 19.1. The zero-order valence-corrected chi connectivity index (χ0v) is 16.1. The van der Waals surface area contributed by atoms with Crippen LogP contribution in [0.25, 0.3) is 10.9 Å². The van der Waals surface area contributed by atoms with Gasteiger partial charge in [-0.25, -0.2) is 4.39 Å². The first-order chi connectivity index (χ1) is 14.5. The van der Waals surface area contributed by atoms with Crippen molar-refractivity contribution in [2.24, 2.45) is 0 Å². The summed E-state index contributed by atoms with van der Waals surface area (Å²) in [6, 6.07) is 10.5. The molecule has 0 saturated carbocycles. The second-order valence-corrected chi connectivity index (χ2v) is 7.20. The van der Waals surface area contributed by atoms with Gasteiger partial charge in [-0.05, 0) is 48.7 Å². The van der Waals surface area contributed by atoms with E-state index in [2.05, 4.69) is 20.9 Å². The van der Waals surface area contributed by atoms with Crippen molar-refractivity contribution in [2.45, 2.75) is 25.3 Å². The van der Waals surface area contributed by atoms with E-state index in [1.165, 1.54) is 12.1 Å². The lowest BCUT2D eigenvalue weighted by Crippen LogP contribution is -2.42. The number of aromatic nitrogens is 1. The van der Waals surface area contributed by atoms with Crippen LogP contribution in [0.1, 0.15) is 28.8 Å². The molecule has 30 heavy (non-hydrogen) atoms. The molecule has 1 atom stereocenters. The number of halogens is 1. The van der Waals surface area contributed by atoms with Crippen LogP contribution in [0.5, 0.6) is 0 Å². The minimum atomic E-state index is -0.785. The van der Waals surface area contributed by atoms with E-state index < -0.39 is 6.04 Å². The van der Waals surface area contributed by atoms with E-state index in [0.29, 0.717) is 24.2 Å². The normalized spacial score (nSPS) is 15.8. The Morgan fingerprint density at radius 3 is 2.83 bits per heavy atom. The molecule has 1 aromatic heterocycles. The van der Waals surface area contributed by atoms with Gasteiger partial charge in [0.15, 0.2) is 0 Å². The zero-order chi connectivity index (χ0) is 21.1. The molecule has 4 rings (SSSR count). The summed E-state index contributed by atoms with van der Waals surface area (Å²) in [5.74, 6) is -1.22. The molecule has 0 saturated heterocycles. The molecule has 0 radical (unpaired) electrons. The van der Waals surface area contributed by atoms with Crippen molar-refractivity contribution in [2.75, 3.05) is 11.9 Å². The first kappa shape index (κ1) is 19.6. The van der Waals surface area contributed by atoms with Crippen LogP contribution >= 0.6 is 0 Å². The second kappa shape index (κ2) is 8.36. The molecule has 1 aliphatic rings. The SMILES string of the molecule is O=C(CCC1NC(=O)c2ccccc2NC1=O)NCCc1c[nH]c2ccc(F)cc12. The predicted octanol–water partition coefficient (Wildman–Crippen LogP) is 2.50. The molecule has 1 aliphatic heterocycles. The molecule has 1 unspecified atom stereocenters. The molecule has 7 nitrogen and oxygen atoms in total. The summed E-state index contributed by atoms with van der Waals surface area (Å²) in [7, 11) is 0. The zero-order valence-electron chi connectivity index (χ0n) is 16.1. The molecule has 154 valence electrons. The third-order valence-corrected chi connectivity index (χ3v) is 5.16.